The topological polar surface area (TPSA) is 35.5 Å². The molecule has 0 fully saturated rings. The smallest absolute Gasteiger partial charge is 0.333 e. The third-order valence-corrected chi connectivity index (χ3v) is 4.54. The normalized spacial score (nSPS) is 11.4. The molecule has 8 heteroatoms. The van der Waals surface area contributed by atoms with Gasteiger partial charge in [0.25, 0.3) is 0 Å². The molecule has 0 unspecified atom stereocenters. The van der Waals surface area contributed by atoms with Gasteiger partial charge in [0, 0.05) is 5.57 Å². The van der Waals surface area contributed by atoms with Crippen molar-refractivity contribution in [3.8, 4) is 5.75 Å². The van der Waals surface area contributed by atoms with Crippen molar-refractivity contribution in [2.24, 2.45) is 0 Å². The maximum absolute atomic E-state index is 11.2. The van der Waals surface area contributed by atoms with Crippen molar-refractivity contribution in [1.82, 2.24) is 0 Å². The third-order valence-electron chi connectivity index (χ3n) is 2.29. The van der Waals surface area contributed by atoms with Gasteiger partial charge in [0.05, 0.1) is 22.2 Å². The van der Waals surface area contributed by atoms with Crippen LogP contribution in [-0.4, -0.2) is 19.7 Å². The van der Waals surface area contributed by atoms with Crippen LogP contribution in [0.25, 0.3) is 0 Å². The maximum atomic E-state index is 11.2. The Labute approximate surface area is 141 Å². The lowest BCUT2D eigenvalue weighted by Gasteiger charge is -2.12. The number of hydrogen-bond acceptors (Lipinski definition) is 3. The van der Waals surface area contributed by atoms with Crippen LogP contribution >= 0.6 is 58.0 Å². The molecule has 0 aliphatic carbocycles. The maximum Gasteiger partial charge on any atom is 0.333 e. The number of ether oxygens (including phenoxy) is 2. The van der Waals surface area contributed by atoms with E-state index in [1.807, 2.05) is 0 Å². The second kappa shape index (κ2) is 7.62. The summed E-state index contributed by atoms with van der Waals surface area (Å²) < 4.78 is 9.92. The number of carbonyl (C=O) groups excluding carboxylic acids is 1. The van der Waals surface area contributed by atoms with E-state index in [1.165, 1.54) is 13.2 Å². The number of carbonyl (C=O) groups is 1. The van der Waals surface area contributed by atoms with E-state index in [1.54, 1.807) is 6.92 Å². The summed E-state index contributed by atoms with van der Waals surface area (Å²) in [5.41, 5.74) is 0.380. The first-order valence-corrected chi connectivity index (χ1v) is 7.09. The Morgan fingerprint density at radius 1 is 1.00 bits per heavy atom. The van der Waals surface area contributed by atoms with Gasteiger partial charge < -0.3 is 9.47 Å². The SMILES string of the molecule is COC(=O)C(C)=CCOc1c(Cl)c(Cl)c(Cl)c(Cl)c1Cl. The predicted molar refractivity (Wildman–Crippen MR) is 82.8 cm³/mol. The summed E-state index contributed by atoms with van der Waals surface area (Å²) in [6.45, 7) is 1.62. The minimum absolute atomic E-state index is 0.0364. The van der Waals surface area contributed by atoms with Crippen LogP contribution in [0, 0.1) is 0 Å². The van der Waals surface area contributed by atoms with E-state index >= 15 is 0 Å². The minimum atomic E-state index is -0.460. The lowest BCUT2D eigenvalue weighted by Crippen LogP contribution is -2.04. The van der Waals surface area contributed by atoms with Crippen LogP contribution in [0.4, 0.5) is 0 Å². The second-order valence-electron chi connectivity index (χ2n) is 3.59. The molecule has 0 aromatic heterocycles. The Bertz CT molecular complexity index is 540. The fraction of sp³-hybridized carbons (Fsp3) is 0.250. The molecule has 0 saturated carbocycles. The molecular formula is C12H9Cl5O3. The summed E-state index contributed by atoms with van der Waals surface area (Å²) in [7, 11) is 1.28. The Morgan fingerprint density at radius 2 is 1.45 bits per heavy atom. The highest BCUT2D eigenvalue weighted by atomic mass is 35.5. The average molecular weight is 378 g/mol. The van der Waals surface area contributed by atoms with Gasteiger partial charge in [-0.15, -0.1) is 0 Å². The number of hydrogen-bond donors (Lipinski definition) is 0. The summed E-state index contributed by atoms with van der Waals surface area (Å²) in [4.78, 5) is 11.2. The molecule has 0 spiro atoms. The molecule has 0 amide bonds. The number of rotatable bonds is 4. The van der Waals surface area contributed by atoms with Crippen LogP contribution in [0.2, 0.25) is 25.1 Å². The predicted octanol–water partition coefficient (Wildman–Crippen LogP) is 5.45. The second-order valence-corrected chi connectivity index (χ2v) is 5.48. The highest BCUT2D eigenvalue weighted by Gasteiger charge is 2.20. The van der Waals surface area contributed by atoms with E-state index in [-0.39, 0.29) is 37.5 Å². The zero-order valence-corrected chi connectivity index (χ0v) is 14.2. The van der Waals surface area contributed by atoms with Crippen molar-refractivity contribution in [3.05, 3.63) is 36.8 Å². The molecule has 0 radical (unpaired) electrons. The first-order valence-electron chi connectivity index (χ1n) is 5.20. The number of methoxy groups -OCH3 is 1. The van der Waals surface area contributed by atoms with Crippen molar-refractivity contribution < 1.29 is 14.3 Å². The first kappa shape index (κ1) is 17.7. The molecule has 0 atom stereocenters. The fourth-order valence-electron chi connectivity index (χ4n) is 1.21. The van der Waals surface area contributed by atoms with E-state index in [2.05, 4.69) is 4.74 Å². The summed E-state index contributed by atoms with van der Waals surface area (Å²) in [5, 5.41) is 0.250. The van der Waals surface area contributed by atoms with E-state index in [0.29, 0.717) is 5.57 Å². The van der Waals surface area contributed by atoms with Gasteiger partial charge >= 0.3 is 5.97 Å². The largest absolute Gasteiger partial charge is 0.486 e. The lowest BCUT2D eigenvalue weighted by molar-refractivity contribution is -0.136. The summed E-state index contributed by atoms with van der Waals surface area (Å²) in [6, 6.07) is 0. The van der Waals surface area contributed by atoms with Gasteiger partial charge in [-0.2, -0.15) is 0 Å². The molecule has 1 aromatic carbocycles. The molecule has 0 heterocycles. The van der Waals surface area contributed by atoms with Gasteiger partial charge in [-0.1, -0.05) is 58.0 Å². The van der Waals surface area contributed by atoms with E-state index < -0.39 is 5.97 Å². The highest BCUT2D eigenvalue weighted by Crippen LogP contribution is 2.48. The molecule has 0 bridgehead atoms. The standard InChI is InChI=1S/C12H9Cl5O3/c1-5(12(18)19-2)3-4-20-11-9(16)7(14)6(13)8(15)10(11)17/h3H,4H2,1-2H3. The van der Waals surface area contributed by atoms with Crippen molar-refractivity contribution in [1.29, 1.82) is 0 Å². The van der Waals surface area contributed by atoms with Gasteiger partial charge in [-0.3, -0.25) is 0 Å². The van der Waals surface area contributed by atoms with Gasteiger partial charge in [-0.05, 0) is 13.0 Å². The van der Waals surface area contributed by atoms with Gasteiger partial charge in [0.15, 0.2) is 5.75 Å². The van der Waals surface area contributed by atoms with Crippen molar-refractivity contribution in [3.63, 3.8) is 0 Å². The zero-order chi connectivity index (χ0) is 15.4. The Morgan fingerprint density at radius 3 is 1.90 bits per heavy atom. The summed E-state index contributed by atoms with van der Waals surface area (Å²) in [5.74, 6) is -0.361. The van der Waals surface area contributed by atoms with Gasteiger partial charge in [0.2, 0.25) is 0 Å². The lowest BCUT2D eigenvalue weighted by atomic mass is 10.3. The van der Waals surface area contributed by atoms with Crippen molar-refractivity contribution in [2.45, 2.75) is 6.92 Å². The van der Waals surface area contributed by atoms with Crippen molar-refractivity contribution in [2.75, 3.05) is 13.7 Å². The molecule has 110 valence electrons. The molecule has 1 rings (SSSR count). The van der Waals surface area contributed by atoms with Crippen LogP contribution in [0.5, 0.6) is 5.75 Å². The third kappa shape index (κ3) is 3.86. The van der Waals surface area contributed by atoms with Crippen LogP contribution < -0.4 is 4.74 Å². The average Bonchev–Trinajstić information content (AvgIpc) is 2.45. The Balaban J connectivity index is 2.98. The van der Waals surface area contributed by atoms with Crippen molar-refractivity contribution >= 4 is 64.0 Å². The van der Waals surface area contributed by atoms with Gasteiger partial charge in [-0.25, -0.2) is 4.79 Å². The molecule has 0 N–H and O–H groups in total. The summed E-state index contributed by atoms with van der Waals surface area (Å²) >= 11 is 29.6. The Hall–Kier alpha value is -0.320. The monoisotopic (exact) mass is 376 g/mol. The Kier molecular flexibility index (Phi) is 6.76. The first-order chi connectivity index (χ1) is 9.31. The molecule has 0 aliphatic rings. The highest BCUT2D eigenvalue weighted by molar-refractivity contribution is 6.55. The number of benzene rings is 1. The summed E-state index contributed by atoms with van der Waals surface area (Å²) in [6.07, 6.45) is 1.51. The molecule has 0 aliphatic heterocycles. The molecule has 3 nitrogen and oxygen atoms in total. The van der Waals surface area contributed by atoms with E-state index in [0.717, 1.165) is 0 Å². The van der Waals surface area contributed by atoms with Crippen LogP contribution in [0.1, 0.15) is 6.92 Å². The van der Waals surface area contributed by atoms with E-state index in [4.69, 9.17) is 62.7 Å². The zero-order valence-electron chi connectivity index (χ0n) is 10.4. The minimum Gasteiger partial charge on any atom is -0.486 e. The molecular weight excluding hydrogens is 369 g/mol. The number of esters is 1. The van der Waals surface area contributed by atoms with Crippen LogP contribution in [-0.2, 0) is 9.53 Å². The quantitative estimate of drug-likeness (QED) is 0.302. The number of halogens is 5. The van der Waals surface area contributed by atoms with Crippen LogP contribution in [0.3, 0.4) is 0 Å². The fourth-order valence-corrected chi connectivity index (χ4v) is 2.44. The molecule has 1 aromatic rings. The van der Waals surface area contributed by atoms with Crippen LogP contribution in [0.15, 0.2) is 11.6 Å². The molecule has 0 saturated heterocycles. The van der Waals surface area contributed by atoms with E-state index in [9.17, 15) is 4.79 Å². The molecule has 20 heavy (non-hydrogen) atoms. The van der Waals surface area contributed by atoms with Gasteiger partial charge in [0.1, 0.15) is 16.7 Å².